The summed E-state index contributed by atoms with van der Waals surface area (Å²) in [6.45, 7) is 4.88. The van der Waals surface area contributed by atoms with Crippen molar-refractivity contribution in [2.24, 2.45) is 11.3 Å². The lowest BCUT2D eigenvalue weighted by Gasteiger charge is -2.27. The Labute approximate surface area is 147 Å². The SMILES string of the molecule is Cc1ccc(N(Cc2cccs2)C(=O)C2CC23CCNCC3)cc1. The average molecular weight is 340 g/mol. The summed E-state index contributed by atoms with van der Waals surface area (Å²) < 4.78 is 0. The molecule has 1 aliphatic carbocycles. The van der Waals surface area contributed by atoms with Gasteiger partial charge in [0.05, 0.1) is 6.54 Å². The number of thiophene rings is 1. The van der Waals surface area contributed by atoms with E-state index < -0.39 is 0 Å². The molecule has 0 radical (unpaired) electrons. The third-order valence-electron chi connectivity index (χ3n) is 5.59. The highest BCUT2D eigenvalue weighted by molar-refractivity contribution is 7.09. The number of nitrogens with one attached hydrogen (secondary N) is 1. The van der Waals surface area contributed by atoms with Gasteiger partial charge in [-0.15, -0.1) is 11.3 Å². The molecule has 1 saturated carbocycles. The molecule has 2 fully saturated rings. The molecule has 1 spiro atoms. The summed E-state index contributed by atoms with van der Waals surface area (Å²) in [6, 6.07) is 12.5. The van der Waals surface area contributed by atoms with Crippen LogP contribution in [0.2, 0.25) is 0 Å². The summed E-state index contributed by atoms with van der Waals surface area (Å²) in [5.41, 5.74) is 2.53. The number of anilines is 1. The number of amides is 1. The van der Waals surface area contributed by atoms with Gasteiger partial charge in [0.15, 0.2) is 0 Å². The molecule has 1 amide bonds. The molecule has 4 rings (SSSR count). The van der Waals surface area contributed by atoms with Crippen molar-refractivity contribution < 1.29 is 4.79 Å². The van der Waals surface area contributed by atoms with Crippen LogP contribution >= 0.6 is 11.3 Å². The number of benzene rings is 1. The maximum Gasteiger partial charge on any atom is 0.231 e. The van der Waals surface area contributed by atoms with Crippen molar-refractivity contribution in [1.82, 2.24) is 5.32 Å². The quantitative estimate of drug-likeness (QED) is 0.913. The van der Waals surface area contributed by atoms with Crippen molar-refractivity contribution in [2.45, 2.75) is 32.7 Å². The van der Waals surface area contributed by atoms with Crippen LogP contribution in [0.1, 0.15) is 29.7 Å². The molecular weight excluding hydrogens is 316 g/mol. The molecule has 1 atom stereocenters. The lowest BCUT2D eigenvalue weighted by Crippen LogP contribution is -2.36. The maximum absolute atomic E-state index is 13.3. The molecule has 126 valence electrons. The highest BCUT2D eigenvalue weighted by Gasteiger charge is 2.58. The van der Waals surface area contributed by atoms with Gasteiger partial charge in [0.25, 0.3) is 0 Å². The molecule has 1 aliphatic heterocycles. The maximum atomic E-state index is 13.3. The minimum atomic E-state index is 0.209. The smallest absolute Gasteiger partial charge is 0.231 e. The molecular formula is C20H24N2OS. The van der Waals surface area contributed by atoms with E-state index in [2.05, 4.69) is 54.0 Å². The van der Waals surface area contributed by atoms with Gasteiger partial charge in [0, 0.05) is 16.5 Å². The van der Waals surface area contributed by atoms with E-state index in [9.17, 15) is 4.79 Å². The largest absolute Gasteiger partial charge is 0.317 e. The third-order valence-corrected chi connectivity index (χ3v) is 6.45. The highest BCUT2D eigenvalue weighted by Crippen LogP contribution is 2.59. The summed E-state index contributed by atoms with van der Waals surface area (Å²) in [5, 5.41) is 5.50. The molecule has 2 aliphatic rings. The lowest BCUT2D eigenvalue weighted by atomic mass is 9.91. The molecule has 1 aromatic heterocycles. The van der Waals surface area contributed by atoms with Crippen LogP contribution in [0, 0.1) is 18.3 Å². The molecule has 1 N–H and O–H groups in total. The van der Waals surface area contributed by atoms with Gasteiger partial charge in [0.2, 0.25) is 5.91 Å². The molecule has 4 heteroatoms. The fourth-order valence-electron chi connectivity index (χ4n) is 3.94. The number of aryl methyl sites for hydroxylation is 1. The van der Waals surface area contributed by atoms with Gasteiger partial charge < -0.3 is 10.2 Å². The van der Waals surface area contributed by atoms with Crippen LogP contribution in [-0.2, 0) is 11.3 Å². The van der Waals surface area contributed by atoms with Crippen LogP contribution in [-0.4, -0.2) is 19.0 Å². The molecule has 2 heterocycles. The van der Waals surface area contributed by atoms with Crippen LogP contribution < -0.4 is 10.2 Å². The average Bonchev–Trinajstić information content (AvgIpc) is 3.05. The van der Waals surface area contributed by atoms with Crippen LogP contribution in [0.3, 0.4) is 0 Å². The van der Waals surface area contributed by atoms with Crippen LogP contribution in [0.5, 0.6) is 0 Å². The van der Waals surface area contributed by atoms with Crippen molar-refractivity contribution in [1.29, 1.82) is 0 Å². The number of nitrogens with zero attached hydrogens (tertiary/aromatic N) is 1. The van der Waals surface area contributed by atoms with Gasteiger partial charge >= 0.3 is 0 Å². The number of piperidine rings is 1. The first-order valence-electron chi connectivity index (χ1n) is 8.79. The standard InChI is InChI=1S/C20H24N2OS/c1-15-4-6-16(7-5-15)22(14-17-3-2-12-24-17)19(23)18-13-20(18)8-10-21-11-9-20/h2-7,12,18,21H,8-11,13-14H2,1H3. The minimum Gasteiger partial charge on any atom is -0.317 e. The Morgan fingerprint density at radius 2 is 2.00 bits per heavy atom. The Bertz CT molecular complexity index is 702. The monoisotopic (exact) mass is 340 g/mol. The topological polar surface area (TPSA) is 32.3 Å². The van der Waals surface area contributed by atoms with E-state index in [0.29, 0.717) is 12.5 Å². The zero-order valence-corrected chi connectivity index (χ0v) is 14.9. The molecule has 2 aromatic rings. The van der Waals surface area contributed by atoms with Gasteiger partial charge in [-0.2, -0.15) is 0 Å². The first-order valence-corrected chi connectivity index (χ1v) is 9.67. The third kappa shape index (κ3) is 3.01. The summed E-state index contributed by atoms with van der Waals surface area (Å²) in [4.78, 5) is 16.5. The Morgan fingerprint density at radius 1 is 1.25 bits per heavy atom. The van der Waals surface area contributed by atoms with E-state index in [4.69, 9.17) is 0 Å². The second kappa shape index (κ2) is 6.34. The number of carbonyl (C=O) groups excluding carboxylic acids is 1. The van der Waals surface area contributed by atoms with E-state index in [1.54, 1.807) is 11.3 Å². The predicted octanol–water partition coefficient (Wildman–Crippen LogP) is 3.98. The molecule has 3 nitrogen and oxygen atoms in total. The summed E-state index contributed by atoms with van der Waals surface area (Å²) in [7, 11) is 0. The van der Waals surface area contributed by atoms with E-state index in [-0.39, 0.29) is 11.3 Å². The Kier molecular flexibility index (Phi) is 4.19. The molecule has 1 unspecified atom stereocenters. The van der Waals surface area contributed by atoms with E-state index in [0.717, 1.165) is 38.0 Å². The Morgan fingerprint density at radius 3 is 2.67 bits per heavy atom. The molecule has 0 bridgehead atoms. The van der Waals surface area contributed by atoms with Crippen molar-refractivity contribution in [3.05, 3.63) is 52.2 Å². The summed E-state index contributed by atoms with van der Waals surface area (Å²) in [5.74, 6) is 0.523. The molecule has 1 aromatic carbocycles. The van der Waals surface area contributed by atoms with Gasteiger partial charge in [-0.25, -0.2) is 0 Å². The normalized spacial score (nSPS) is 21.6. The van der Waals surface area contributed by atoms with Crippen molar-refractivity contribution in [2.75, 3.05) is 18.0 Å². The van der Waals surface area contributed by atoms with Gasteiger partial charge in [-0.3, -0.25) is 4.79 Å². The van der Waals surface area contributed by atoms with E-state index in [1.807, 2.05) is 4.90 Å². The van der Waals surface area contributed by atoms with Crippen LogP contribution in [0.4, 0.5) is 5.69 Å². The lowest BCUT2D eigenvalue weighted by molar-refractivity contribution is -0.120. The predicted molar refractivity (Wildman–Crippen MR) is 99.3 cm³/mol. The number of rotatable bonds is 4. The summed E-state index contributed by atoms with van der Waals surface area (Å²) >= 11 is 1.72. The number of hydrogen-bond donors (Lipinski definition) is 1. The zero-order valence-electron chi connectivity index (χ0n) is 14.1. The highest BCUT2D eigenvalue weighted by atomic mass is 32.1. The number of hydrogen-bond acceptors (Lipinski definition) is 3. The van der Waals surface area contributed by atoms with Crippen molar-refractivity contribution in [3.8, 4) is 0 Å². The van der Waals surface area contributed by atoms with Gasteiger partial charge in [-0.05, 0) is 68.3 Å². The fourth-order valence-corrected chi connectivity index (χ4v) is 4.63. The van der Waals surface area contributed by atoms with Gasteiger partial charge in [-0.1, -0.05) is 23.8 Å². The van der Waals surface area contributed by atoms with Gasteiger partial charge in [0.1, 0.15) is 0 Å². The molecule has 24 heavy (non-hydrogen) atoms. The summed E-state index contributed by atoms with van der Waals surface area (Å²) in [6.07, 6.45) is 3.36. The van der Waals surface area contributed by atoms with Crippen molar-refractivity contribution in [3.63, 3.8) is 0 Å². The first kappa shape index (κ1) is 15.9. The second-order valence-electron chi connectivity index (χ2n) is 7.21. The Balaban J connectivity index is 1.58. The minimum absolute atomic E-state index is 0.209. The van der Waals surface area contributed by atoms with Crippen molar-refractivity contribution >= 4 is 22.9 Å². The van der Waals surface area contributed by atoms with E-state index in [1.165, 1.54) is 10.4 Å². The Hall–Kier alpha value is -1.65. The van der Waals surface area contributed by atoms with Crippen LogP contribution in [0.25, 0.3) is 0 Å². The zero-order chi connectivity index (χ0) is 16.6. The fraction of sp³-hybridized carbons (Fsp3) is 0.450. The second-order valence-corrected chi connectivity index (χ2v) is 8.24. The number of carbonyl (C=O) groups is 1. The molecule has 1 saturated heterocycles. The first-order chi connectivity index (χ1) is 11.7. The van der Waals surface area contributed by atoms with E-state index >= 15 is 0 Å². The van der Waals surface area contributed by atoms with Crippen LogP contribution in [0.15, 0.2) is 41.8 Å².